The van der Waals surface area contributed by atoms with Crippen LogP contribution in [0.25, 0.3) is 16.9 Å². The SMILES string of the molecule is CCCC(N)c1cc(-c2cnn(-c3ccccc3)c2)no1. The maximum atomic E-state index is 6.04. The molecular weight excluding hydrogens is 264 g/mol. The summed E-state index contributed by atoms with van der Waals surface area (Å²) in [6.07, 6.45) is 5.61. The van der Waals surface area contributed by atoms with Crippen molar-refractivity contribution in [2.45, 2.75) is 25.8 Å². The molecule has 2 aromatic heterocycles. The van der Waals surface area contributed by atoms with Crippen LogP contribution in [0.5, 0.6) is 0 Å². The molecule has 2 heterocycles. The van der Waals surface area contributed by atoms with Crippen LogP contribution in [0, 0.1) is 0 Å². The van der Waals surface area contributed by atoms with Crippen LogP contribution < -0.4 is 5.73 Å². The van der Waals surface area contributed by atoms with E-state index in [2.05, 4.69) is 17.2 Å². The summed E-state index contributed by atoms with van der Waals surface area (Å²) in [6.45, 7) is 2.10. The van der Waals surface area contributed by atoms with E-state index in [9.17, 15) is 0 Å². The molecule has 2 N–H and O–H groups in total. The van der Waals surface area contributed by atoms with Crippen LogP contribution in [0.1, 0.15) is 31.6 Å². The van der Waals surface area contributed by atoms with E-state index in [-0.39, 0.29) is 6.04 Å². The topological polar surface area (TPSA) is 69.9 Å². The zero-order chi connectivity index (χ0) is 14.7. The Labute approximate surface area is 123 Å². The Hall–Kier alpha value is -2.40. The van der Waals surface area contributed by atoms with Crippen LogP contribution in [-0.2, 0) is 0 Å². The monoisotopic (exact) mass is 282 g/mol. The minimum atomic E-state index is -0.0968. The third-order valence-corrected chi connectivity index (χ3v) is 3.39. The minimum absolute atomic E-state index is 0.0968. The maximum Gasteiger partial charge on any atom is 0.154 e. The Balaban J connectivity index is 1.84. The molecule has 0 spiro atoms. The highest BCUT2D eigenvalue weighted by Crippen LogP contribution is 2.24. The van der Waals surface area contributed by atoms with E-state index in [0.717, 1.165) is 35.5 Å². The van der Waals surface area contributed by atoms with Gasteiger partial charge in [-0.15, -0.1) is 0 Å². The van der Waals surface area contributed by atoms with Crippen molar-refractivity contribution >= 4 is 0 Å². The van der Waals surface area contributed by atoms with Gasteiger partial charge in [-0.25, -0.2) is 4.68 Å². The van der Waals surface area contributed by atoms with E-state index < -0.39 is 0 Å². The Bertz CT molecular complexity index is 702. The molecule has 0 aliphatic carbocycles. The summed E-state index contributed by atoms with van der Waals surface area (Å²) in [7, 11) is 0. The predicted molar refractivity (Wildman–Crippen MR) is 80.9 cm³/mol. The standard InChI is InChI=1S/C16H18N4O/c1-2-6-14(17)16-9-15(19-21-16)12-10-18-20(11-12)13-7-4-3-5-8-13/h3-5,7-11,14H,2,6,17H2,1H3. The van der Waals surface area contributed by atoms with E-state index in [4.69, 9.17) is 10.3 Å². The van der Waals surface area contributed by atoms with Gasteiger partial charge in [-0.3, -0.25) is 0 Å². The molecule has 5 nitrogen and oxygen atoms in total. The summed E-state index contributed by atoms with van der Waals surface area (Å²) in [5, 5.41) is 8.45. The first-order valence-corrected chi connectivity index (χ1v) is 7.10. The fourth-order valence-corrected chi connectivity index (χ4v) is 2.23. The van der Waals surface area contributed by atoms with Crippen LogP contribution in [0.2, 0.25) is 0 Å². The predicted octanol–water partition coefficient (Wildman–Crippen LogP) is 3.33. The lowest BCUT2D eigenvalue weighted by molar-refractivity contribution is 0.356. The lowest BCUT2D eigenvalue weighted by atomic mass is 10.1. The Morgan fingerprint density at radius 2 is 2.10 bits per heavy atom. The van der Waals surface area contributed by atoms with E-state index in [1.165, 1.54) is 0 Å². The fourth-order valence-electron chi connectivity index (χ4n) is 2.23. The summed E-state index contributed by atoms with van der Waals surface area (Å²) in [5.41, 5.74) is 8.73. The highest BCUT2D eigenvalue weighted by Gasteiger charge is 2.14. The summed E-state index contributed by atoms with van der Waals surface area (Å²) in [5.74, 6) is 0.722. The van der Waals surface area contributed by atoms with Gasteiger partial charge in [0.05, 0.1) is 17.9 Å². The number of nitrogens with zero attached hydrogens (tertiary/aromatic N) is 3. The molecule has 0 aliphatic heterocycles. The number of para-hydroxylation sites is 1. The molecule has 3 rings (SSSR count). The molecule has 0 bridgehead atoms. The highest BCUT2D eigenvalue weighted by atomic mass is 16.5. The zero-order valence-electron chi connectivity index (χ0n) is 11.9. The van der Waals surface area contributed by atoms with Gasteiger partial charge in [-0.05, 0) is 18.6 Å². The summed E-state index contributed by atoms with van der Waals surface area (Å²) in [6, 6.07) is 11.7. The molecule has 21 heavy (non-hydrogen) atoms. The number of hydrogen-bond acceptors (Lipinski definition) is 4. The smallest absolute Gasteiger partial charge is 0.154 e. The van der Waals surface area contributed by atoms with Crippen LogP contribution in [0.4, 0.5) is 0 Å². The molecule has 108 valence electrons. The van der Waals surface area contributed by atoms with Crippen LogP contribution >= 0.6 is 0 Å². The van der Waals surface area contributed by atoms with Gasteiger partial charge in [0.15, 0.2) is 5.76 Å². The molecule has 0 saturated heterocycles. The van der Waals surface area contributed by atoms with Crippen molar-refractivity contribution in [3.8, 4) is 16.9 Å². The molecule has 0 fully saturated rings. The third kappa shape index (κ3) is 2.87. The van der Waals surface area contributed by atoms with Crippen molar-refractivity contribution in [1.82, 2.24) is 14.9 Å². The van der Waals surface area contributed by atoms with Crippen LogP contribution in [-0.4, -0.2) is 14.9 Å². The fraction of sp³-hybridized carbons (Fsp3) is 0.250. The zero-order valence-corrected chi connectivity index (χ0v) is 11.9. The largest absolute Gasteiger partial charge is 0.359 e. The first-order chi connectivity index (χ1) is 10.3. The van der Waals surface area contributed by atoms with E-state index in [1.807, 2.05) is 47.3 Å². The Morgan fingerprint density at radius 1 is 1.29 bits per heavy atom. The summed E-state index contributed by atoms with van der Waals surface area (Å²) < 4.78 is 7.15. The molecule has 1 unspecified atom stereocenters. The number of aromatic nitrogens is 3. The Kier molecular flexibility index (Phi) is 3.83. The van der Waals surface area contributed by atoms with E-state index in [0.29, 0.717) is 0 Å². The molecule has 3 aromatic rings. The third-order valence-electron chi connectivity index (χ3n) is 3.39. The average molecular weight is 282 g/mol. The molecule has 5 heteroatoms. The van der Waals surface area contributed by atoms with Gasteiger partial charge >= 0.3 is 0 Å². The number of rotatable bonds is 5. The van der Waals surface area contributed by atoms with Gasteiger partial charge in [0.1, 0.15) is 5.69 Å². The second kappa shape index (κ2) is 5.93. The van der Waals surface area contributed by atoms with Gasteiger partial charge in [0.2, 0.25) is 0 Å². The quantitative estimate of drug-likeness (QED) is 0.779. The van der Waals surface area contributed by atoms with Crippen LogP contribution in [0.15, 0.2) is 53.3 Å². The maximum absolute atomic E-state index is 6.04. The first-order valence-electron chi connectivity index (χ1n) is 7.10. The lowest BCUT2D eigenvalue weighted by Crippen LogP contribution is -2.08. The van der Waals surface area contributed by atoms with Crippen molar-refractivity contribution in [2.24, 2.45) is 5.73 Å². The second-order valence-electron chi connectivity index (χ2n) is 5.02. The van der Waals surface area contributed by atoms with E-state index >= 15 is 0 Å². The molecule has 0 aliphatic rings. The molecule has 1 atom stereocenters. The first kappa shape index (κ1) is 13.6. The second-order valence-corrected chi connectivity index (χ2v) is 5.02. The van der Waals surface area contributed by atoms with Crippen molar-refractivity contribution in [1.29, 1.82) is 0 Å². The van der Waals surface area contributed by atoms with Gasteiger partial charge < -0.3 is 10.3 Å². The van der Waals surface area contributed by atoms with Crippen molar-refractivity contribution in [3.05, 3.63) is 54.6 Å². The Morgan fingerprint density at radius 3 is 2.86 bits per heavy atom. The van der Waals surface area contributed by atoms with Gasteiger partial charge in [-0.1, -0.05) is 36.7 Å². The van der Waals surface area contributed by atoms with Gasteiger partial charge in [0, 0.05) is 17.8 Å². The van der Waals surface area contributed by atoms with Crippen molar-refractivity contribution in [3.63, 3.8) is 0 Å². The molecule has 0 saturated carbocycles. The average Bonchev–Trinajstić information content (AvgIpc) is 3.17. The summed E-state index contributed by atoms with van der Waals surface area (Å²) in [4.78, 5) is 0. The number of nitrogens with two attached hydrogens (primary N) is 1. The molecule has 0 radical (unpaired) electrons. The minimum Gasteiger partial charge on any atom is -0.359 e. The molecule has 1 aromatic carbocycles. The van der Waals surface area contributed by atoms with Crippen molar-refractivity contribution in [2.75, 3.05) is 0 Å². The number of hydrogen-bond donors (Lipinski definition) is 1. The van der Waals surface area contributed by atoms with Gasteiger partial charge in [0.25, 0.3) is 0 Å². The van der Waals surface area contributed by atoms with Crippen molar-refractivity contribution < 1.29 is 4.52 Å². The summed E-state index contributed by atoms with van der Waals surface area (Å²) >= 11 is 0. The lowest BCUT2D eigenvalue weighted by Gasteiger charge is -2.03. The highest BCUT2D eigenvalue weighted by molar-refractivity contribution is 5.57. The number of benzene rings is 1. The van der Waals surface area contributed by atoms with Crippen LogP contribution in [0.3, 0.4) is 0 Å². The molecule has 0 amide bonds. The van der Waals surface area contributed by atoms with Gasteiger partial charge in [-0.2, -0.15) is 5.10 Å². The molecular formula is C16H18N4O. The van der Waals surface area contributed by atoms with E-state index in [1.54, 1.807) is 6.20 Å². The normalized spacial score (nSPS) is 12.5.